The number of hydrogen-bond donors (Lipinski definition) is 4. The van der Waals surface area contributed by atoms with Crippen LogP contribution in [0.15, 0.2) is 24.4 Å². The number of aromatic nitrogens is 4. The van der Waals surface area contributed by atoms with Gasteiger partial charge < -0.3 is 20.9 Å². The maximum Gasteiger partial charge on any atom is 0.242 e. The van der Waals surface area contributed by atoms with E-state index >= 15 is 0 Å². The lowest BCUT2D eigenvalue weighted by molar-refractivity contribution is -0.135. The van der Waals surface area contributed by atoms with Gasteiger partial charge in [0.15, 0.2) is 11.6 Å². The molecule has 1 aliphatic carbocycles. The lowest BCUT2D eigenvalue weighted by atomic mass is 9.85. The van der Waals surface area contributed by atoms with Crippen LogP contribution in [0, 0.1) is 20.8 Å². The quantitative estimate of drug-likeness (QED) is 0.325. The number of piperidine rings is 1. The molecule has 1 aromatic carbocycles. The van der Waals surface area contributed by atoms with Crippen LogP contribution in [0.25, 0.3) is 0 Å². The van der Waals surface area contributed by atoms with Crippen LogP contribution in [0.4, 0.5) is 23.3 Å². The van der Waals surface area contributed by atoms with Gasteiger partial charge in [-0.05, 0) is 81.7 Å². The summed E-state index contributed by atoms with van der Waals surface area (Å²) in [5.41, 5.74) is 5.32. The van der Waals surface area contributed by atoms with Gasteiger partial charge >= 0.3 is 0 Å². The third-order valence-electron chi connectivity index (χ3n) is 7.45. The molecule has 3 aromatic rings. The number of amides is 1. The van der Waals surface area contributed by atoms with Gasteiger partial charge in [-0.3, -0.25) is 9.89 Å². The molecule has 0 atom stereocenters. The third-order valence-corrected chi connectivity index (χ3v) is 7.73. The average Bonchev–Trinajstić information content (AvgIpc) is 3.56. The van der Waals surface area contributed by atoms with Crippen molar-refractivity contribution in [1.82, 2.24) is 30.4 Å². The number of aryl methyl sites for hydroxylation is 3. The molecular formula is C27H35ClN8O. The lowest BCUT2D eigenvalue weighted by Crippen LogP contribution is -2.50. The number of halogens is 1. The molecule has 196 valence electrons. The molecule has 1 saturated heterocycles. The summed E-state index contributed by atoms with van der Waals surface area (Å²) in [5.74, 6) is 2.32. The Balaban J connectivity index is 1.26. The minimum absolute atomic E-state index is 0.280. The first-order chi connectivity index (χ1) is 17.8. The van der Waals surface area contributed by atoms with Gasteiger partial charge in [-0.1, -0.05) is 24.6 Å². The summed E-state index contributed by atoms with van der Waals surface area (Å²) in [7, 11) is 0. The van der Waals surface area contributed by atoms with Crippen LogP contribution in [0.2, 0.25) is 5.02 Å². The molecule has 3 heterocycles. The first kappa shape index (κ1) is 25.5. The zero-order chi connectivity index (χ0) is 26.2. The Bertz CT molecular complexity index is 1290. The molecule has 4 N–H and O–H groups in total. The van der Waals surface area contributed by atoms with Crippen LogP contribution in [0.1, 0.15) is 60.9 Å². The first-order valence-electron chi connectivity index (χ1n) is 13.0. The molecule has 0 radical (unpaired) electrons. The Morgan fingerprint density at radius 2 is 1.89 bits per heavy atom. The summed E-state index contributed by atoms with van der Waals surface area (Å²) in [5, 5.41) is 17.4. The van der Waals surface area contributed by atoms with Crippen molar-refractivity contribution in [2.24, 2.45) is 0 Å². The standard InChI is InChI=1S/C27H35ClN8O/c1-5-30-27(8-9-27)25(37)36-10-6-19(7-11-36)20-12-17(3)22(13-16(20)2)31-26-29-15-21(28)24(33-26)32-23-14-18(4)34-35-23/h12-15,19,30H,5-11H2,1-4H3,(H3,29,31,32,33,34,35). The van der Waals surface area contributed by atoms with Crippen LogP contribution < -0.4 is 16.0 Å². The largest absolute Gasteiger partial charge is 0.341 e. The van der Waals surface area contributed by atoms with Crippen LogP contribution in [0.5, 0.6) is 0 Å². The van der Waals surface area contributed by atoms with E-state index in [1.807, 2.05) is 13.0 Å². The van der Waals surface area contributed by atoms with E-state index in [-0.39, 0.29) is 5.54 Å². The summed E-state index contributed by atoms with van der Waals surface area (Å²) in [6, 6.07) is 6.31. The predicted octanol–water partition coefficient (Wildman–Crippen LogP) is 5.11. The second-order valence-corrected chi connectivity index (χ2v) is 10.7. The Morgan fingerprint density at radius 3 is 2.54 bits per heavy atom. The van der Waals surface area contributed by atoms with Gasteiger partial charge in [-0.2, -0.15) is 10.1 Å². The van der Waals surface area contributed by atoms with Crippen molar-refractivity contribution in [3.63, 3.8) is 0 Å². The number of likely N-dealkylation sites (N-methyl/N-ethyl adjacent to an activating group) is 1. The van der Waals surface area contributed by atoms with Crippen molar-refractivity contribution >= 4 is 40.8 Å². The number of rotatable bonds is 8. The molecule has 9 nitrogen and oxygen atoms in total. The molecule has 1 aliphatic heterocycles. The normalized spacial score (nSPS) is 17.1. The maximum absolute atomic E-state index is 13.0. The number of hydrogen-bond acceptors (Lipinski definition) is 7. The monoisotopic (exact) mass is 522 g/mol. The van der Waals surface area contributed by atoms with Crippen molar-refractivity contribution in [2.75, 3.05) is 30.3 Å². The highest BCUT2D eigenvalue weighted by Gasteiger charge is 2.51. The molecule has 1 saturated carbocycles. The number of nitrogens with one attached hydrogen (secondary N) is 4. The molecule has 1 amide bonds. The smallest absolute Gasteiger partial charge is 0.242 e. The molecule has 2 fully saturated rings. The van der Waals surface area contributed by atoms with Crippen LogP contribution in [-0.2, 0) is 4.79 Å². The second kappa shape index (κ2) is 10.3. The summed E-state index contributed by atoms with van der Waals surface area (Å²) >= 11 is 6.31. The fourth-order valence-electron chi connectivity index (χ4n) is 5.28. The Hall–Kier alpha value is -3.17. The summed E-state index contributed by atoms with van der Waals surface area (Å²) in [6.45, 7) is 10.7. The fraction of sp³-hybridized carbons (Fsp3) is 0.481. The summed E-state index contributed by atoms with van der Waals surface area (Å²) in [4.78, 5) is 24.0. The van der Waals surface area contributed by atoms with Gasteiger partial charge in [0, 0.05) is 30.5 Å². The number of H-pyrrole nitrogens is 1. The van der Waals surface area contributed by atoms with E-state index in [0.717, 1.165) is 62.3 Å². The number of benzene rings is 1. The zero-order valence-corrected chi connectivity index (χ0v) is 22.7. The summed E-state index contributed by atoms with van der Waals surface area (Å²) < 4.78 is 0. The van der Waals surface area contributed by atoms with Gasteiger partial charge in [0.25, 0.3) is 0 Å². The highest BCUT2D eigenvalue weighted by atomic mass is 35.5. The number of aromatic amines is 1. The van der Waals surface area contributed by atoms with E-state index in [2.05, 4.69) is 73.9 Å². The van der Waals surface area contributed by atoms with Crippen molar-refractivity contribution in [3.8, 4) is 0 Å². The van der Waals surface area contributed by atoms with Crippen molar-refractivity contribution in [3.05, 3.63) is 51.8 Å². The molecule has 2 aromatic heterocycles. The van der Waals surface area contributed by atoms with Gasteiger partial charge in [0.2, 0.25) is 11.9 Å². The fourth-order valence-corrected chi connectivity index (χ4v) is 5.42. The van der Waals surface area contributed by atoms with E-state index in [1.165, 1.54) is 11.1 Å². The van der Waals surface area contributed by atoms with Crippen molar-refractivity contribution in [2.45, 2.75) is 64.8 Å². The number of anilines is 4. The molecule has 2 aliphatic rings. The van der Waals surface area contributed by atoms with E-state index in [0.29, 0.717) is 34.4 Å². The van der Waals surface area contributed by atoms with Gasteiger partial charge in [-0.15, -0.1) is 0 Å². The first-order valence-corrected chi connectivity index (χ1v) is 13.4. The number of carbonyl (C=O) groups is 1. The average molecular weight is 523 g/mol. The second-order valence-electron chi connectivity index (χ2n) is 10.3. The molecule has 10 heteroatoms. The number of nitrogens with zero attached hydrogens (tertiary/aromatic N) is 4. The zero-order valence-electron chi connectivity index (χ0n) is 21.9. The maximum atomic E-state index is 13.0. The van der Waals surface area contributed by atoms with E-state index < -0.39 is 0 Å². The van der Waals surface area contributed by atoms with Gasteiger partial charge in [0.05, 0.1) is 11.7 Å². The molecular weight excluding hydrogens is 488 g/mol. The molecule has 37 heavy (non-hydrogen) atoms. The van der Waals surface area contributed by atoms with Crippen LogP contribution in [-0.4, -0.2) is 56.1 Å². The van der Waals surface area contributed by atoms with Crippen LogP contribution in [0.3, 0.4) is 0 Å². The molecule has 0 unspecified atom stereocenters. The van der Waals surface area contributed by atoms with Gasteiger partial charge in [-0.25, -0.2) is 4.98 Å². The van der Waals surface area contributed by atoms with E-state index in [9.17, 15) is 4.79 Å². The third kappa shape index (κ3) is 5.43. The topological polar surface area (TPSA) is 111 Å². The lowest BCUT2D eigenvalue weighted by Gasteiger charge is -2.35. The Labute approximate surface area is 222 Å². The number of carbonyl (C=O) groups excluding carboxylic acids is 1. The van der Waals surface area contributed by atoms with Crippen molar-refractivity contribution in [1.29, 1.82) is 0 Å². The molecule has 0 bridgehead atoms. The van der Waals surface area contributed by atoms with Gasteiger partial charge in [0.1, 0.15) is 5.02 Å². The Kier molecular flexibility index (Phi) is 7.09. The highest BCUT2D eigenvalue weighted by Crippen LogP contribution is 2.40. The van der Waals surface area contributed by atoms with E-state index in [4.69, 9.17) is 11.6 Å². The summed E-state index contributed by atoms with van der Waals surface area (Å²) in [6.07, 6.45) is 5.48. The SMILES string of the molecule is CCNC1(C(=O)N2CCC(c3cc(C)c(Nc4ncc(Cl)c(Nc5cc(C)[nH]n5)n4)cc3C)CC2)CC1. The van der Waals surface area contributed by atoms with Crippen LogP contribution >= 0.6 is 11.6 Å². The van der Waals surface area contributed by atoms with Crippen molar-refractivity contribution < 1.29 is 4.79 Å². The van der Waals surface area contributed by atoms with E-state index in [1.54, 1.807) is 6.20 Å². The minimum atomic E-state index is -0.280. The minimum Gasteiger partial charge on any atom is -0.341 e. The highest BCUT2D eigenvalue weighted by molar-refractivity contribution is 6.32. The molecule has 0 spiro atoms. The predicted molar refractivity (Wildman–Crippen MR) is 147 cm³/mol. The number of likely N-dealkylation sites (tertiary alicyclic amines) is 1. The Morgan fingerprint density at radius 1 is 1.14 bits per heavy atom. The molecule has 5 rings (SSSR count).